The number of aliphatic hydroxyl groups excluding tert-OH is 1. The van der Waals surface area contributed by atoms with Crippen LogP contribution in [0.25, 0.3) is 0 Å². The first-order valence-corrected chi connectivity index (χ1v) is 7.40. The molecule has 2 rings (SSSR count). The Bertz CT molecular complexity index is 399. The molecular formula is C17H27NO. The molecule has 19 heavy (non-hydrogen) atoms. The van der Waals surface area contributed by atoms with Crippen molar-refractivity contribution in [3.05, 3.63) is 35.9 Å². The maximum Gasteiger partial charge on any atom is 0.0621 e. The molecule has 1 aliphatic rings. The van der Waals surface area contributed by atoms with Gasteiger partial charge in [-0.25, -0.2) is 0 Å². The van der Waals surface area contributed by atoms with Gasteiger partial charge in [-0.2, -0.15) is 0 Å². The SMILES string of the molecule is CC(C)CC(NC1CC(O)C1(C)C)c1ccccc1. The van der Waals surface area contributed by atoms with Gasteiger partial charge in [0.1, 0.15) is 0 Å². The molecule has 0 radical (unpaired) electrons. The molecule has 0 aromatic heterocycles. The molecule has 2 heteroatoms. The number of hydrogen-bond donors (Lipinski definition) is 2. The quantitative estimate of drug-likeness (QED) is 0.850. The molecule has 2 nitrogen and oxygen atoms in total. The minimum absolute atomic E-state index is 0.00991. The van der Waals surface area contributed by atoms with Crippen molar-refractivity contribution in [2.24, 2.45) is 11.3 Å². The normalized spacial score (nSPS) is 27.1. The summed E-state index contributed by atoms with van der Waals surface area (Å²) in [4.78, 5) is 0. The van der Waals surface area contributed by atoms with Crippen LogP contribution in [0.15, 0.2) is 30.3 Å². The Hall–Kier alpha value is -0.860. The molecule has 1 aromatic carbocycles. The monoisotopic (exact) mass is 261 g/mol. The minimum atomic E-state index is -0.166. The van der Waals surface area contributed by atoms with E-state index in [9.17, 15) is 5.11 Å². The van der Waals surface area contributed by atoms with Crippen molar-refractivity contribution in [3.63, 3.8) is 0 Å². The summed E-state index contributed by atoms with van der Waals surface area (Å²) in [6.07, 6.45) is 1.83. The summed E-state index contributed by atoms with van der Waals surface area (Å²) in [5.74, 6) is 0.658. The van der Waals surface area contributed by atoms with E-state index in [1.54, 1.807) is 0 Å². The highest BCUT2D eigenvalue weighted by molar-refractivity contribution is 5.20. The van der Waals surface area contributed by atoms with Crippen LogP contribution in [0.5, 0.6) is 0 Å². The predicted octanol–water partition coefficient (Wildman–Crippen LogP) is 3.52. The highest BCUT2D eigenvalue weighted by atomic mass is 16.3. The second-order valence-corrected chi connectivity index (χ2v) is 6.88. The van der Waals surface area contributed by atoms with E-state index in [1.807, 2.05) is 0 Å². The predicted molar refractivity (Wildman–Crippen MR) is 80.0 cm³/mol. The fourth-order valence-electron chi connectivity index (χ4n) is 2.89. The van der Waals surface area contributed by atoms with Gasteiger partial charge in [0, 0.05) is 17.5 Å². The standard InChI is InChI=1S/C17H27NO/c1-12(2)10-14(13-8-6-5-7-9-13)18-15-11-16(19)17(15,3)4/h5-9,12,14-16,18-19H,10-11H2,1-4H3. The van der Waals surface area contributed by atoms with Gasteiger partial charge in [0.25, 0.3) is 0 Å². The lowest BCUT2D eigenvalue weighted by atomic mass is 9.64. The van der Waals surface area contributed by atoms with E-state index < -0.39 is 0 Å². The second kappa shape index (κ2) is 5.64. The number of hydrogen-bond acceptors (Lipinski definition) is 2. The summed E-state index contributed by atoms with van der Waals surface area (Å²) in [5, 5.41) is 13.6. The van der Waals surface area contributed by atoms with Crippen molar-refractivity contribution in [3.8, 4) is 0 Å². The molecule has 1 saturated carbocycles. The van der Waals surface area contributed by atoms with E-state index in [0.717, 1.165) is 12.8 Å². The van der Waals surface area contributed by atoms with Gasteiger partial charge in [-0.05, 0) is 24.3 Å². The fraction of sp³-hybridized carbons (Fsp3) is 0.647. The Labute approximate surface area is 117 Å². The molecule has 0 amide bonds. The Kier molecular flexibility index (Phi) is 4.32. The molecule has 0 spiro atoms. The average molecular weight is 261 g/mol. The Morgan fingerprint density at radius 1 is 1.26 bits per heavy atom. The van der Waals surface area contributed by atoms with Gasteiger partial charge < -0.3 is 10.4 Å². The zero-order valence-electron chi connectivity index (χ0n) is 12.6. The molecule has 1 aliphatic carbocycles. The largest absolute Gasteiger partial charge is 0.392 e. The number of rotatable bonds is 5. The molecule has 3 atom stereocenters. The van der Waals surface area contributed by atoms with E-state index in [2.05, 4.69) is 63.3 Å². The average Bonchev–Trinajstić information content (AvgIpc) is 2.38. The third-order valence-corrected chi connectivity index (χ3v) is 4.53. The van der Waals surface area contributed by atoms with Crippen LogP contribution in [0.3, 0.4) is 0 Å². The summed E-state index contributed by atoms with van der Waals surface area (Å²) < 4.78 is 0. The minimum Gasteiger partial charge on any atom is -0.392 e. The molecule has 0 aliphatic heterocycles. The lowest BCUT2D eigenvalue weighted by Crippen LogP contribution is -2.60. The van der Waals surface area contributed by atoms with Gasteiger partial charge in [0.05, 0.1) is 6.10 Å². The van der Waals surface area contributed by atoms with Gasteiger partial charge in [-0.3, -0.25) is 0 Å². The zero-order valence-corrected chi connectivity index (χ0v) is 12.6. The van der Waals surface area contributed by atoms with Crippen LogP contribution in [-0.2, 0) is 0 Å². The fourth-order valence-corrected chi connectivity index (χ4v) is 2.89. The van der Waals surface area contributed by atoms with Gasteiger partial charge in [-0.15, -0.1) is 0 Å². The van der Waals surface area contributed by atoms with Crippen LogP contribution in [0.2, 0.25) is 0 Å². The Morgan fingerprint density at radius 3 is 2.37 bits per heavy atom. The van der Waals surface area contributed by atoms with E-state index in [0.29, 0.717) is 18.0 Å². The molecule has 106 valence electrons. The van der Waals surface area contributed by atoms with Crippen molar-refractivity contribution in [1.82, 2.24) is 5.32 Å². The lowest BCUT2D eigenvalue weighted by molar-refractivity contribution is -0.0767. The van der Waals surface area contributed by atoms with Crippen LogP contribution in [0, 0.1) is 11.3 Å². The molecule has 0 heterocycles. The molecular weight excluding hydrogens is 234 g/mol. The van der Waals surface area contributed by atoms with Gasteiger partial charge >= 0.3 is 0 Å². The van der Waals surface area contributed by atoms with Crippen LogP contribution in [0.4, 0.5) is 0 Å². The van der Waals surface area contributed by atoms with E-state index in [-0.39, 0.29) is 11.5 Å². The number of nitrogens with one attached hydrogen (secondary N) is 1. The van der Waals surface area contributed by atoms with E-state index in [1.165, 1.54) is 5.56 Å². The van der Waals surface area contributed by atoms with Crippen LogP contribution in [-0.4, -0.2) is 17.3 Å². The first-order valence-electron chi connectivity index (χ1n) is 7.40. The highest BCUT2D eigenvalue weighted by Crippen LogP contribution is 2.42. The third kappa shape index (κ3) is 3.18. The zero-order chi connectivity index (χ0) is 14.0. The Balaban J connectivity index is 2.07. The summed E-state index contributed by atoms with van der Waals surface area (Å²) in [6, 6.07) is 11.5. The van der Waals surface area contributed by atoms with Crippen molar-refractivity contribution in [2.45, 2.75) is 58.7 Å². The molecule has 3 unspecified atom stereocenters. The second-order valence-electron chi connectivity index (χ2n) is 6.88. The maximum atomic E-state index is 9.87. The summed E-state index contributed by atoms with van der Waals surface area (Å²) in [7, 11) is 0. The molecule has 0 bridgehead atoms. The third-order valence-electron chi connectivity index (χ3n) is 4.53. The van der Waals surface area contributed by atoms with E-state index >= 15 is 0 Å². The number of benzene rings is 1. The van der Waals surface area contributed by atoms with Crippen LogP contribution >= 0.6 is 0 Å². The lowest BCUT2D eigenvalue weighted by Gasteiger charge is -2.51. The topological polar surface area (TPSA) is 32.3 Å². The van der Waals surface area contributed by atoms with Gasteiger partial charge in [-0.1, -0.05) is 58.0 Å². The highest BCUT2D eigenvalue weighted by Gasteiger charge is 2.47. The number of aliphatic hydroxyl groups is 1. The Morgan fingerprint density at radius 2 is 1.89 bits per heavy atom. The van der Waals surface area contributed by atoms with Crippen molar-refractivity contribution in [1.29, 1.82) is 0 Å². The van der Waals surface area contributed by atoms with Crippen molar-refractivity contribution in [2.75, 3.05) is 0 Å². The first kappa shape index (κ1) is 14.5. The summed E-state index contributed by atoms with van der Waals surface area (Å²) >= 11 is 0. The summed E-state index contributed by atoms with van der Waals surface area (Å²) in [5.41, 5.74) is 1.35. The van der Waals surface area contributed by atoms with Gasteiger partial charge in [0.2, 0.25) is 0 Å². The van der Waals surface area contributed by atoms with Crippen molar-refractivity contribution >= 4 is 0 Å². The van der Waals surface area contributed by atoms with Gasteiger partial charge in [0.15, 0.2) is 0 Å². The first-order chi connectivity index (χ1) is 8.91. The maximum absolute atomic E-state index is 9.87. The molecule has 1 fully saturated rings. The smallest absolute Gasteiger partial charge is 0.0621 e. The molecule has 0 saturated heterocycles. The van der Waals surface area contributed by atoms with Crippen LogP contribution in [0.1, 0.15) is 52.1 Å². The molecule has 1 aromatic rings. The van der Waals surface area contributed by atoms with E-state index in [4.69, 9.17) is 0 Å². The molecule has 2 N–H and O–H groups in total. The van der Waals surface area contributed by atoms with Crippen LogP contribution < -0.4 is 5.32 Å². The van der Waals surface area contributed by atoms with Crippen molar-refractivity contribution < 1.29 is 5.11 Å². The summed E-state index contributed by atoms with van der Waals surface area (Å²) in [6.45, 7) is 8.82.